The molecule has 310 valence electrons. The first-order valence-electron chi connectivity index (χ1n) is 21.1. The topological polar surface area (TPSA) is 118 Å². The van der Waals surface area contributed by atoms with Crippen LogP contribution < -0.4 is 14.2 Å². The molecule has 1 unspecified atom stereocenters. The summed E-state index contributed by atoms with van der Waals surface area (Å²) in [6, 6.07) is 23.1. The largest absolute Gasteiger partial charge is 0.497 e. The molecule has 2 bridgehead atoms. The van der Waals surface area contributed by atoms with Gasteiger partial charge in [0.15, 0.2) is 5.78 Å². The van der Waals surface area contributed by atoms with Crippen molar-refractivity contribution >= 4 is 5.78 Å². The van der Waals surface area contributed by atoms with E-state index in [1.807, 2.05) is 72.8 Å². The van der Waals surface area contributed by atoms with Crippen molar-refractivity contribution in [1.82, 2.24) is 4.90 Å². The van der Waals surface area contributed by atoms with Crippen LogP contribution in [0.2, 0.25) is 0 Å². The lowest BCUT2D eigenvalue weighted by Crippen LogP contribution is -2.67. The van der Waals surface area contributed by atoms with Crippen LogP contribution in [0.1, 0.15) is 80.3 Å². The highest BCUT2D eigenvalue weighted by atomic mass is 16.5. The highest BCUT2D eigenvalue weighted by Gasteiger charge is 2.74. The van der Waals surface area contributed by atoms with Gasteiger partial charge in [0.05, 0.1) is 52.4 Å². The molecule has 0 aliphatic heterocycles. The molecule has 3 fully saturated rings. The third-order valence-corrected chi connectivity index (χ3v) is 15.6. The number of methoxy groups -OCH3 is 3. The molecule has 9 nitrogen and oxygen atoms in total. The van der Waals surface area contributed by atoms with E-state index in [-0.39, 0.29) is 36.2 Å². The molecule has 3 aromatic rings. The van der Waals surface area contributed by atoms with E-state index in [2.05, 4.69) is 37.0 Å². The normalized spacial score (nSPS) is 33.8. The Hall–Kier alpha value is -3.99. The zero-order chi connectivity index (χ0) is 40.9. The van der Waals surface area contributed by atoms with Crippen molar-refractivity contribution in [3.8, 4) is 17.2 Å². The van der Waals surface area contributed by atoms with Crippen molar-refractivity contribution in [2.75, 3.05) is 41.0 Å². The second kappa shape index (κ2) is 15.6. The van der Waals surface area contributed by atoms with Gasteiger partial charge in [-0.1, -0.05) is 68.5 Å². The Bertz CT molecular complexity index is 2030. The van der Waals surface area contributed by atoms with Crippen LogP contribution >= 0.6 is 0 Å². The smallest absolute Gasteiger partial charge is 0.189 e. The van der Waals surface area contributed by atoms with Crippen LogP contribution in [0.4, 0.5) is 0 Å². The number of allylic oxidation sites excluding steroid dienone is 4. The number of rotatable bonds is 15. The Morgan fingerprint density at radius 1 is 0.845 bits per heavy atom. The molecule has 58 heavy (non-hydrogen) atoms. The SMILES string of the molecule is COc1ccc(C(=O)C2=C[C@@]34C=C[C@@]25[C@@H]2CC[C@@](O)(CN(Cc6ccc(OC)cc6OC)C[C@@H](O)COCc6ccccc6)[C@@]2(C)CC[C@@H]5[C@@]3(C)CCC(O)C4)cc1. The quantitative estimate of drug-likeness (QED) is 0.106. The van der Waals surface area contributed by atoms with Crippen LogP contribution in [-0.2, 0) is 17.9 Å². The number of benzene rings is 3. The average Bonchev–Trinajstić information content (AvgIpc) is 3.50. The van der Waals surface area contributed by atoms with E-state index in [1.165, 1.54) is 0 Å². The van der Waals surface area contributed by atoms with Gasteiger partial charge in [-0.25, -0.2) is 0 Å². The average molecular weight is 792 g/mol. The number of fused-ring (bicyclic) bond motifs is 1. The summed E-state index contributed by atoms with van der Waals surface area (Å²) in [6.07, 6.45) is 11.0. The van der Waals surface area contributed by atoms with Crippen molar-refractivity contribution in [2.45, 2.75) is 89.8 Å². The number of hydrogen-bond acceptors (Lipinski definition) is 9. The highest BCUT2D eigenvalue weighted by molar-refractivity contribution is 6.10. The third kappa shape index (κ3) is 6.62. The molecule has 0 amide bonds. The first kappa shape index (κ1) is 40.8. The summed E-state index contributed by atoms with van der Waals surface area (Å²) < 4.78 is 22.7. The van der Waals surface area contributed by atoms with Crippen molar-refractivity contribution < 1.29 is 39.1 Å². The van der Waals surface area contributed by atoms with E-state index in [4.69, 9.17) is 18.9 Å². The van der Waals surface area contributed by atoms with Gasteiger partial charge in [-0.2, -0.15) is 0 Å². The number of ketones is 1. The molecule has 0 heterocycles. The van der Waals surface area contributed by atoms with E-state index < -0.39 is 34.1 Å². The lowest BCUT2D eigenvalue weighted by atomic mass is 9.32. The fourth-order valence-corrected chi connectivity index (χ4v) is 12.5. The van der Waals surface area contributed by atoms with Gasteiger partial charge in [0.1, 0.15) is 17.2 Å². The van der Waals surface area contributed by atoms with Gasteiger partial charge in [-0.3, -0.25) is 9.69 Å². The van der Waals surface area contributed by atoms with Gasteiger partial charge in [-0.15, -0.1) is 0 Å². The maximum absolute atomic E-state index is 15.0. The van der Waals surface area contributed by atoms with Crippen LogP contribution in [0.5, 0.6) is 17.2 Å². The number of hydrogen-bond donors (Lipinski definition) is 3. The lowest BCUT2D eigenvalue weighted by molar-refractivity contribution is -0.177. The molecule has 3 aromatic carbocycles. The van der Waals surface area contributed by atoms with Crippen LogP contribution in [-0.4, -0.2) is 84.8 Å². The van der Waals surface area contributed by atoms with Crippen LogP contribution in [0, 0.1) is 33.5 Å². The number of aliphatic hydroxyl groups is 3. The van der Waals surface area contributed by atoms with Crippen LogP contribution in [0.15, 0.2) is 96.6 Å². The molecule has 9 atom stereocenters. The Balaban J connectivity index is 1.13. The molecule has 0 saturated heterocycles. The third-order valence-electron chi connectivity index (χ3n) is 15.6. The fraction of sp³-hybridized carbons (Fsp3) is 0.531. The fourth-order valence-electron chi connectivity index (χ4n) is 12.5. The van der Waals surface area contributed by atoms with E-state index in [0.717, 1.165) is 48.8 Å². The van der Waals surface area contributed by atoms with Crippen LogP contribution in [0.3, 0.4) is 0 Å². The van der Waals surface area contributed by atoms with E-state index in [1.54, 1.807) is 21.3 Å². The molecule has 0 radical (unpaired) electrons. The second-order valence-electron chi connectivity index (χ2n) is 18.4. The number of aliphatic hydroxyl groups excluding tert-OH is 2. The van der Waals surface area contributed by atoms with Crippen molar-refractivity contribution in [1.29, 1.82) is 0 Å². The van der Waals surface area contributed by atoms with E-state index in [9.17, 15) is 20.1 Å². The van der Waals surface area contributed by atoms with E-state index in [0.29, 0.717) is 55.4 Å². The number of carbonyl (C=O) groups is 1. The first-order valence-corrected chi connectivity index (χ1v) is 21.1. The Kier molecular flexibility index (Phi) is 10.9. The zero-order valence-corrected chi connectivity index (χ0v) is 34.8. The molecular formula is C49H61NO8. The number of ether oxygens (including phenoxy) is 4. The predicted octanol–water partition coefficient (Wildman–Crippen LogP) is 7.57. The highest BCUT2D eigenvalue weighted by Crippen LogP contribution is 2.78. The number of carbonyl (C=O) groups excluding carboxylic acids is 1. The van der Waals surface area contributed by atoms with E-state index >= 15 is 0 Å². The summed E-state index contributed by atoms with van der Waals surface area (Å²) in [5, 5.41) is 35.9. The minimum Gasteiger partial charge on any atom is -0.497 e. The molecule has 6 aliphatic carbocycles. The number of Topliss-reactive ketones (excluding diaryl/α,β-unsaturated/α-hetero) is 1. The molecule has 3 N–H and O–H groups in total. The van der Waals surface area contributed by atoms with Gasteiger partial charge in [0, 0.05) is 58.6 Å². The summed E-state index contributed by atoms with van der Waals surface area (Å²) in [4.78, 5) is 17.2. The maximum atomic E-state index is 15.0. The lowest BCUT2D eigenvalue weighted by Gasteiger charge is -2.71. The van der Waals surface area contributed by atoms with Crippen molar-refractivity contribution in [2.24, 2.45) is 33.5 Å². The molecule has 9 rings (SSSR count). The zero-order valence-electron chi connectivity index (χ0n) is 34.8. The monoisotopic (exact) mass is 791 g/mol. The molecule has 9 heteroatoms. The van der Waals surface area contributed by atoms with Gasteiger partial charge in [0.2, 0.25) is 0 Å². The molecular weight excluding hydrogens is 731 g/mol. The maximum Gasteiger partial charge on any atom is 0.189 e. The van der Waals surface area contributed by atoms with Gasteiger partial charge < -0.3 is 34.3 Å². The summed E-state index contributed by atoms with van der Waals surface area (Å²) in [6.45, 7) is 6.25. The first-order chi connectivity index (χ1) is 27.8. The molecule has 6 aliphatic rings. The summed E-state index contributed by atoms with van der Waals surface area (Å²) in [5.74, 6) is 2.26. The summed E-state index contributed by atoms with van der Waals surface area (Å²) in [5.41, 5.74) is 0.609. The standard InChI is InChI=1S/C49H61NO8/c1-45-20-17-36(51)26-47(45)23-24-49(40(27-47)44(53)34-11-14-38(55-3)15-12-34)42(45)18-21-46(2)43(49)19-22-48(46,54)32-50(28-35-13-16-39(56-4)25-41(35)57-5)29-37(52)31-58-30-33-9-7-6-8-10-33/h6-16,23-25,27,36-37,42-43,51-52,54H,17-22,26,28-32H2,1-5H3/t36?,37-,42-,43-,45-,46+,47+,48-,49-/m1/s1. The minimum absolute atomic E-state index is 0.00748. The summed E-state index contributed by atoms with van der Waals surface area (Å²) in [7, 11) is 4.90. The Morgan fingerprint density at radius 3 is 2.26 bits per heavy atom. The molecule has 2 spiro atoms. The second-order valence-corrected chi connectivity index (χ2v) is 18.4. The van der Waals surface area contributed by atoms with Crippen LogP contribution in [0.25, 0.3) is 0 Å². The Morgan fingerprint density at radius 2 is 1.53 bits per heavy atom. The summed E-state index contributed by atoms with van der Waals surface area (Å²) >= 11 is 0. The van der Waals surface area contributed by atoms with Crippen molar-refractivity contribution in [3.05, 3.63) is 113 Å². The van der Waals surface area contributed by atoms with Gasteiger partial charge in [-0.05, 0) is 98.1 Å². The van der Waals surface area contributed by atoms with Gasteiger partial charge >= 0.3 is 0 Å². The van der Waals surface area contributed by atoms with Gasteiger partial charge in [0.25, 0.3) is 0 Å². The minimum atomic E-state index is -1.13. The predicted molar refractivity (Wildman–Crippen MR) is 223 cm³/mol. The molecule has 0 aromatic heterocycles. The number of nitrogens with zero attached hydrogens (tertiary/aromatic N) is 1. The van der Waals surface area contributed by atoms with Crippen molar-refractivity contribution in [3.63, 3.8) is 0 Å². The molecule has 3 saturated carbocycles. The Labute approximate surface area is 343 Å².